The number of methoxy groups -OCH3 is 2. The van der Waals surface area contributed by atoms with Crippen LogP contribution in [0.3, 0.4) is 0 Å². The Hall–Kier alpha value is -2.55. The molecular formula is C14H16N2O4. The second kappa shape index (κ2) is 6.57. The minimum Gasteiger partial charge on any atom is -0.496 e. The quantitative estimate of drug-likeness (QED) is 0.642. The number of benzene rings is 1. The summed E-state index contributed by atoms with van der Waals surface area (Å²) < 4.78 is 10.3. The molecular weight excluding hydrogens is 260 g/mol. The maximum Gasteiger partial charge on any atom is 0.245 e. The molecule has 0 unspecified atom stereocenters. The molecule has 0 spiro atoms. The van der Waals surface area contributed by atoms with Crippen molar-refractivity contribution >= 4 is 11.7 Å². The normalized spacial score (nSPS) is 11.2. The minimum atomic E-state index is -1.39. The Bertz CT molecular complexity index is 550. The van der Waals surface area contributed by atoms with E-state index in [4.69, 9.17) is 14.7 Å². The molecule has 6 nitrogen and oxygen atoms in total. The van der Waals surface area contributed by atoms with Crippen molar-refractivity contribution in [2.24, 2.45) is 5.92 Å². The molecule has 0 fully saturated rings. The van der Waals surface area contributed by atoms with E-state index in [1.807, 2.05) is 0 Å². The number of amides is 1. The Morgan fingerprint density at radius 3 is 2.10 bits per heavy atom. The number of Topliss-reactive ketones (excluding diaryl/α,β-unsaturated/α-hetero) is 1. The van der Waals surface area contributed by atoms with Crippen LogP contribution in [-0.2, 0) is 4.79 Å². The summed E-state index contributed by atoms with van der Waals surface area (Å²) in [4.78, 5) is 23.7. The van der Waals surface area contributed by atoms with Crippen molar-refractivity contribution in [3.8, 4) is 17.6 Å². The van der Waals surface area contributed by atoms with Gasteiger partial charge in [-0.3, -0.25) is 9.59 Å². The van der Waals surface area contributed by atoms with Crippen LogP contribution >= 0.6 is 0 Å². The molecule has 0 bridgehead atoms. The predicted molar refractivity (Wildman–Crippen MR) is 71.8 cm³/mol. The third-order valence-corrected chi connectivity index (χ3v) is 2.94. The zero-order chi connectivity index (χ0) is 15.3. The number of hydrogen-bond donors (Lipinski definition) is 1. The van der Waals surface area contributed by atoms with E-state index in [0.29, 0.717) is 11.5 Å². The molecule has 0 aliphatic carbocycles. The van der Waals surface area contributed by atoms with E-state index >= 15 is 0 Å². The standard InChI is InChI=1S/C14H16N2O4/c1-8-11(19-3)5-9(6-12(8)20-4)13(17)10(7-15)14(18)16-2/h5-6,10H,1-4H3,(H,16,18)/t10-/m0/s1. The summed E-state index contributed by atoms with van der Waals surface area (Å²) in [6.07, 6.45) is 0. The van der Waals surface area contributed by atoms with E-state index in [0.717, 1.165) is 5.56 Å². The fourth-order valence-electron chi connectivity index (χ4n) is 1.78. The number of nitrogens with zero attached hydrogens (tertiary/aromatic N) is 1. The minimum absolute atomic E-state index is 0.194. The van der Waals surface area contributed by atoms with Gasteiger partial charge in [-0.1, -0.05) is 0 Å². The number of hydrogen-bond acceptors (Lipinski definition) is 5. The van der Waals surface area contributed by atoms with Gasteiger partial charge in [0.25, 0.3) is 0 Å². The summed E-state index contributed by atoms with van der Waals surface area (Å²) in [7, 11) is 4.31. The number of nitriles is 1. The third kappa shape index (κ3) is 2.88. The highest BCUT2D eigenvalue weighted by Gasteiger charge is 2.28. The largest absolute Gasteiger partial charge is 0.496 e. The number of carbonyl (C=O) groups is 2. The monoisotopic (exact) mass is 276 g/mol. The van der Waals surface area contributed by atoms with Gasteiger partial charge in [0.15, 0.2) is 11.7 Å². The van der Waals surface area contributed by atoms with E-state index in [9.17, 15) is 9.59 Å². The molecule has 20 heavy (non-hydrogen) atoms. The van der Waals surface area contributed by atoms with Crippen LogP contribution in [0.25, 0.3) is 0 Å². The molecule has 0 saturated carbocycles. The lowest BCUT2D eigenvalue weighted by molar-refractivity contribution is -0.121. The maximum absolute atomic E-state index is 12.2. The van der Waals surface area contributed by atoms with Gasteiger partial charge in [-0.2, -0.15) is 5.26 Å². The molecule has 0 radical (unpaired) electrons. The topological polar surface area (TPSA) is 88.4 Å². The first kappa shape index (κ1) is 15.5. The fraction of sp³-hybridized carbons (Fsp3) is 0.357. The summed E-state index contributed by atoms with van der Waals surface area (Å²) >= 11 is 0. The van der Waals surface area contributed by atoms with Crippen molar-refractivity contribution in [2.45, 2.75) is 6.92 Å². The zero-order valence-electron chi connectivity index (χ0n) is 11.8. The number of carbonyl (C=O) groups excluding carboxylic acids is 2. The average Bonchev–Trinajstić information content (AvgIpc) is 2.47. The lowest BCUT2D eigenvalue weighted by Crippen LogP contribution is -2.32. The second-order valence-corrected chi connectivity index (χ2v) is 4.05. The molecule has 1 rings (SSSR count). The number of ketones is 1. The first-order valence-corrected chi connectivity index (χ1v) is 5.88. The Morgan fingerprint density at radius 1 is 1.25 bits per heavy atom. The third-order valence-electron chi connectivity index (χ3n) is 2.94. The predicted octanol–water partition coefficient (Wildman–Crippen LogP) is 1.08. The van der Waals surface area contributed by atoms with Gasteiger partial charge in [0.2, 0.25) is 5.91 Å². The Balaban J connectivity index is 3.29. The molecule has 0 heterocycles. The SMILES string of the molecule is CNC(=O)[C@@H](C#N)C(=O)c1cc(OC)c(C)c(OC)c1. The van der Waals surface area contributed by atoms with Gasteiger partial charge in [-0.15, -0.1) is 0 Å². The molecule has 0 aliphatic heterocycles. The van der Waals surface area contributed by atoms with Crippen molar-refractivity contribution < 1.29 is 19.1 Å². The summed E-state index contributed by atoms with van der Waals surface area (Å²) in [5.41, 5.74) is 0.930. The summed E-state index contributed by atoms with van der Waals surface area (Å²) in [6.45, 7) is 1.78. The molecule has 0 saturated heterocycles. The van der Waals surface area contributed by atoms with Crippen molar-refractivity contribution in [2.75, 3.05) is 21.3 Å². The van der Waals surface area contributed by atoms with Gasteiger partial charge in [0.05, 0.1) is 20.3 Å². The van der Waals surface area contributed by atoms with E-state index in [1.54, 1.807) is 13.0 Å². The lowest BCUT2D eigenvalue weighted by Gasteiger charge is -2.13. The summed E-state index contributed by atoms with van der Waals surface area (Å²) in [5, 5.41) is 11.3. The molecule has 106 valence electrons. The van der Waals surface area contributed by atoms with E-state index in [2.05, 4.69) is 5.32 Å². The molecule has 1 aromatic rings. The van der Waals surface area contributed by atoms with Crippen LogP contribution in [0, 0.1) is 24.2 Å². The molecule has 1 N–H and O–H groups in total. The summed E-state index contributed by atoms with van der Waals surface area (Å²) in [5.74, 6) is -1.71. The summed E-state index contributed by atoms with van der Waals surface area (Å²) in [6, 6.07) is 4.68. The molecule has 1 aromatic carbocycles. The zero-order valence-corrected chi connectivity index (χ0v) is 11.8. The number of rotatable bonds is 5. The number of ether oxygens (including phenoxy) is 2. The molecule has 1 amide bonds. The lowest BCUT2D eigenvalue weighted by atomic mass is 9.96. The van der Waals surface area contributed by atoms with Gasteiger partial charge >= 0.3 is 0 Å². The maximum atomic E-state index is 12.2. The van der Waals surface area contributed by atoms with Crippen molar-refractivity contribution in [1.82, 2.24) is 5.32 Å². The van der Waals surface area contributed by atoms with Crippen LogP contribution in [0.5, 0.6) is 11.5 Å². The van der Waals surface area contributed by atoms with Crippen LogP contribution in [-0.4, -0.2) is 33.0 Å². The fourth-order valence-corrected chi connectivity index (χ4v) is 1.78. The van der Waals surface area contributed by atoms with Gasteiger partial charge in [-0.05, 0) is 19.1 Å². The first-order chi connectivity index (χ1) is 9.49. The van der Waals surface area contributed by atoms with Crippen molar-refractivity contribution in [3.63, 3.8) is 0 Å². The van der Waals surface area contributed by atoms with E-state index in [1.165, 1.54) is 33.4 Å². The van der Waals surface area contributed by atoms with E-state index < -0.39 is 17.6 Å². The highest BCUT2D eigenvalue weighted by atomic mass is 16.5. The molecule has 6 heteroatoms. The van der Waals surface area contributed by atoms with Gasteiger partial charge in [0.1, 0.15) is 11.5 Å². The van der Waals surface area contributed by atoms with Crippen LogP contribution < -0.4 is 14.8 Å². The Labute approximate surface area is 117 Å². The van der Waals surface area contributed by atoms with Crippen LogP contribution in [0.15, 0.2) is 12.1 Å². The van der Waals surface area contributed by atoms with Gasteiger partial charge in [-0.25, -0.2) is 0 Å². The van der Waals surface area contributed by atoms with Crippen LogP contribution in [0.1, 0.15) is 15.9 Å². The van der Waals surface area contributed by atoms with Crippen LogP contribution in [0.4, 0.5) is 0 Å². The smallest absolute Gasteiger partial charge is 0.245 e. The highest BCUT2D eigenvalue weighted by Crippen LogP contribution is 2.30. The van der Waals surface area contributed by atoms with Crippen molar-refractivity contribution in [1.29, 1.82) is 5.26 Å². The van der Waals surface area contributed by atoms with Crippen molar-refractivity contribution in [3.05, 3.63) is 23.3 Å². The number of nitrogens with one attached hydrogen (secondary N) is 1. The first-order valence-electron chi connectivity index (χ1n) is 5.88. The average molecular weight is 276 g/mol. The van der Waals surface area contributed by atoms with Crippen LogP contribution in [0.2, 0.25) is 0 Å². The second-order valence-electron chi connectivity index (χ2n) is 4.05. The molecule has 0 aromatic heterocycles. The van der Waals surface area contributed by atoms with Gasteiger partial charge < -0.3 is 14.8 Å². The highest BCUT2D eigenvalue weighted by molar-refractivity contribution is 6.12. The van der Waals surface area contributed by atoms with E-state index in [-0.39, 0.29) is 5.56 Å². The molecule has 1 atom stereocenters. The molecule has 0 aliphatic rings. The Morgan fingerprint density at radius 2 is 1.75 bits per heavy atom. The van der Waals surface area contributed by atoms with Gasteiger partial charge in [0, 0.05) is 18.2 Å². The Kier molecular flexibility index (Phi) is 5.09.